The maximum atomic E-state index is 13.3. The van der Waals surface area contributed by atoms with Gasteiger partial charge >= 0.3 is 6.18 Å². The fraction of sp³-hybridized carbons (Fsp3) is 0.542. The van der Waals surface area contributed by atoms with Crippen molar-refractivity contribution in [2.75, 3.05) is 50.8 Å². The van der Waals surface area contributed by atoms with Gasteiger partial charge in [-0.3, -0.25) is 19.8 Å². The number of ether oxygens (including phenoxy) is 1. The first kappa shape index (κ1) is 26.4. The van der Waals surface area contributed by atoms with E-state index in [1.807, 2.05) is 29.2 Å². The molecular weight excluding hydrogens is 501 g/mol. The van der Waals surface area contributed by atoms with Gasteiger partial charge in [-0.1, -0.05) is 17.7 Å². The van der Waals surface area contributed by atoms with Crippen molar-refractivity contribution in [2.24, 2.45) is 0 Å². The molecule has 0 saturated carbocycles. The molecule has 3 aliphatic rings. The Hall–Kier alpha value is -2.63. The maximum absolute atomic E-state index is 13.3. The number of hydrogen-bond donors (Lipinski definition) is 0. The van der Waals surface area contributed by atoms with Crippen molar-refractivity contribution < 1.29 is 27.6 Å². The van der Waals surface area contributed by atoms with E-state index >= 15 is 0 Å². The predicted octanol–water partition coefficient (Wildman–Crippen LogP) is 3.89. The Morgan fingerprint density at radius 1 is 1.08 bits per heavy atom. The zero-order chi connectivity index (χ0) is 25.9. The van der Waals surface area contributed by atoms with Crippen LogP contribution in [0.15, 0.2) is 47.7 Å². The molecule has 1 aromatic rings. The number of piperazine rings is 1. The summed E-state index contributed by atoms with van der Waals surface area (Å²) in [6.45, 7) is 3.58. The SMILES string of the molecule is O=C(COC1CCN(C2C=CC([N+](=O)[O-])=C(C(F)(F)F)C2)CC1)N1CCN(c2ccc(Cl)cc2)CC1. The minimum atomic E-state index is -4.74. The normalized spacial score (nSPS) is 22.3. The van der Waals surface area contributed by atoms with Gasteiger partial charge in [0.1, 0.15) is 12.2 Å². The molecule has 0 spiro atoms. The molecule has 2 saturated heterocycles. The second-order valence-corrected chi connectivity index (χ2v) is 9.58. The third-order valence-corrected chi connectivity index (χ3v) is 7.20. The molecule has 1 aliphatic carbocycles. The van der Waals surface area contributed by atoms with Gasteiger partial charge in [0.25, 0.3) is 5.70 Å². The van der Waals surface area contributed by atoms with Crippen molar-refractivity contribution in [1.29, 1.82) is 0 Å². The Kier molecular flexibility index (Phi) is 8.21. The second-order valence-electron chi connectivity index (χ2n) is 9.14. The Balaban J connectivity index is 1.20. The number of allylic oxidation sites excluding steroid dienone is 1. The summed E-state index contributed by atoms with van der Waals surface area (Å²) in [5.74, 6) is -0.0735. The molecule has 0 bridgehead atoms. The van der Waals surface area contributed by atoms with Gasteiger partial charge in [-0.2, -0.15) is 13.2 Å². The molecule has 4 rings (SSSR count). The van der Waals surface area contributed by atoms with E-state index in [9.17, 15) is 28.1 Å². The van der Waals surface area contributed by atoms with Crippen molar-refractivity contribution >= 4 is 23.2 Å². The van der Waals surface area contributed by atoms with E-state index < -0.39 is 34.8 Å². The third-order valence-electron chi connectivity index (χ3n) is 6.95. The lowest BCUT2D eigenvalue weighted by Gasteiger charge is -2.38. The van der Waals surface area contributed by atoms with Gasteiger partial charge < -0.3 is 14.5 Å². The molecule has 1 atom stereocenters. The number of benzene rings is 1. The monoisotopic (exact) mass is 528 g/mol. The van der Waals surface area contributed by atoms with Gasteiger partial charge in [0, 0.05) is 68.5 Å². The maximum Gasteiger partial charge on any atom is 0.419 e. The van der Waals surface area contributed by atoms with Crippen molar-refractivity contribution in [3.63, 3.8) is 0 Å². The van der Waals surface area contributed by atoms with Gasteiger partial charge in [-0.25, -0.2) is 0 Å². The van der Waals surface area contributed by atoms with Crippen LogP contribution in [0.4, 0.5) is 18.9 Å². The quantitative estimate of drug-likeness (QED) is 0.412. The van der Waals surface area contributed by atoms with Crippen molar-refractivity contribution in [3.05, 3.63) is 62.8 Å². The highest BCUT2D eigenvalue weighted by Crippen LogP contribution is 2.36. The lowest BCUT2D eigenvalue weighted by Crippen LogP contribution is -2.50. The standard InChI is InChI=1S/C24H28ClF3N4O4/c25-17-1-3-18(4-2-17)30-11-13-31(14-12-30)23(33)16-36-20-7-9-29(10-8-20)19-5-6-22(32(34)35)21(15-19)24(26,27)28/h1-6,19-20H,7-16H2. The largest absolute Gasteiger partial charge is 0.419 e. The molecule has 1 aromatic carbocycles. The van der Waals surface area contributed by atoms with Crippen molar-refractivity contribution in [2.45, 2.75) is 37.6 Å². The highest BCUT2D eigenvalue weighted by atomic mass is 35.5. The van der Waals surface area contributed by atoms with Gasteiger partial charge in [0.15, 0.2) is 0 Å². The lowest BCUT2D eigenvalue weighted by atomic mass is 9.94. The molecule has 2 aliphatic heterocycles. The van der Waals surface area contributed by atoms with Crippen LogP contribution in [0.5, 0.6) is 0 Å². The topological polar surface area (TPSA) is 79.2 Å². The van der Waals surface area contributed by atoms with Gasteiger partial charge in [-0.05, 0) is 37.1 Å². The Bertz CT molecular complexity index is 1020. The number of carbonyl (C=O) groups is 1. The highest BCUT2D eigenvalue weighted by Gasteiger charge is 2.44. The van der Waals surface area contributed by atoms with Crippen molar-refractivity contribution in [3.8, 4) is 0 Å². The van der Waals surface area contributed by atoms with Crippen LogP contribution < -0.4 is 4.90 Å². The van der Waals surface area contributed by atoms with Crippen LogP contribution in [0, 0.1) is 10.1 Å². The van der Waals surface area contributed by atoms with E-state index in [2.05, 4.69) is 4.90 Å². The van der Waals surface area contributed by atoms with Gasteiger partial charge in [0.2, 0.25) is 5.91 Å². The zero-order valence-corrected chi connectivity index (χ0v) is 20.4. The Labute approximate surface area is 212 Å². The van der Waals surface area contributed by atoms with Gasteiger partial charge in [0.05, 0.1) is 11.0 Å². The minimum Gasteiger partial charge on any atom is -0.368 e. The molecular formula is C24H28ClF3N4O4. The van der Waals surface area contributed by atoms with E-state index in [-0.39, 0.29) is 18.6 Å². The summed E-state index contributed by atoms with van der Waals surface area (Å²) in [6.07, 6.45) is -1.74. The molecule has 1 amide bonds. The van der Waals surface area contributed by atoms with E-state index in [1.165, 1.54) is 6.08 Å². The number of anilines is 1. The summed E-state index contributed by atoms with van der Waals surface area (Å²) >= 11 is 5.94. The first-order chi connectivity index (χ1) is 17.1. The number of alkyl halides is 3. The fourth-order valence-corrected chi connectivity index (χ4v) is 5.01. The van der Waals surface area contributed by atoms with Crippen LogP contribution in [0.25, 0.3) is 0 Å². The van der Waals surface area contributed by atoms with Crippen LogP contribution in [0.1, 0.15) is 19.3 Å². The summed E-state index contributed by atoms with van der Waals surface area (Å²) in [5, 5.41) is 11.7. The minimum absolute atomic E-state index is 0.0257. The average molecular weight is 529 g/mol. The molecule has 12 heteroatoms. The summed E-state index contributed by atoms with van der Waals surface area (Å²) in [6, 6.07) is 7.05. The van der Waals surface area contributed by atoms with Gasteiger partial charge in [-0.15, -0.1) is 0 Å². The van der Waals surface area contributed by atoms with E-state index in [0.29, 0.717) is 57.1 Å². The molecule has 1 unspecified atom stereocenters. The van der Waals surface area contributed by atoms with Crippen LogP contribution in [-0.2, 0) is 9.53 Å². The second kappa shape index (κ2) is 11.2. The molecule has 0 N–H and O–H groups in total. The lowest BCUT2D eigenvalue weighted by molar-refractivity contribution is -0.422. The predicted molar refractivity (Wildman–Crippen MR) is 128 cm³/mol. The molecule has 0 aromatic heterocycles. The molecule has 2 fully saturated rings. The smallest absolute Gasteiger partial charge is 0.368 e. The molecule has 0 radical (unpaired) electrons. The summed E-state index contributed by atoms with van der Waals surface area (Å²) in [7, 11) is 0. The number of carbonyl (C=O) groups excluding carboxylic acids is 1. The highest BCUT2D eigenvalue weighted by molar-refractivity contribution is 6.30. The number of hydrogen-bond acceptors (Lipinski definition) is 6. The van der Waals surface area contributed by atoms with Crippen LogP contribution in [0.3, 0.4) is 0 Å². The Morgan fingerprint density at radius 3 is 2.31 bits per heavy atom. The summed E-state index contributed by atoms with van der Waals surface area (Å²) < 4.78 is 45.8. The number of piperidine rings is 1. The number of rotatable bonds is 6. The summed E-state index contributed by atoms with van der Waals surface area (Å²) in [5.41, 5.74) is -0.917. The fourth-order valence-electron chi connectivity index (χ4n) is 4.89. The zero-order valence-electron chi connectivity index (χ0n) is 19.6. The van der Waals surface area contributed by atoms with E-state index in [4.69, 9.17) is 16.3 Å². The first-order valence-electron chi connectivity index (χ1n) is 11.9. The molecule has 8 nitrogen and oxygen atoms in total. The third kappa shape index (κ3) is 6.37. The van der Waals surface area contributed by atoms with Crippen LogP contribution in [0.2, 0.25) is 5.02 Å². The van der Waals surface area contributed by atoms with E-state index in [1.54, 1.807) is 4.90 Å². The first-order valence-corrected chi connectivity index (χ1v) is 12.3. The van der Waals surface area contributed by atoms with Crippen molar-refractivity contribution in [1.82, 2.24) is 9.80 Å². The number of halogens is 4. The van der Waals surface area contributed by atoms with Crippen LogP contribution in [-0.4, -0.2) is 84.8 Å². The number of amides is 1. The number of nitrogens with zero attached hydrogens (tertiary/aromatic N) is 4. The molecule has 2 heterocycles. The molecule has 196 valence electrons. The van der Waals surface area contributed by atoms with E-state index in [0.717, 1.165) is 11.8 Å². The summed E-state index contributed by atoms with van der Waals surface area (Å²) in [4.78, 5) is 28.5. The molecule has 36 heavy (non-hydrogen) atoms. The average Bonchev–Trinajstić information content (AvgIpc) is 2.87. The number of nitro groups is 1. The van der Waals surface area contributed by atoms with Crippen LogP contribution >= 0.6 is 11.6 Å². The number of likely N-dealkylation sites (tertiary alicyclic amines) is 1. The Morgan fingerprint density at radius 2 is 1.72 bits per heavy atom.